The molecular formula is C18H18ClN. The number of aromatic nitrogens is 1. The molecule has 0 amide bonds. The molecule has 3 rings (SSSR count). The van der Waals surface area contributed by atoms with Crippen molar-refractivity contribution < 1.29 is 0 Å². The van der Waals surface area contributed by atoms with Gasteiger partial charge in [-0.2, -0.15) is 0 Å². The summed E-state index contributed by atoms with van der Waals surface area (Å²) in [5, 5.41) is 1.98. The molecule has 0 saturated heterocycles. The molecule has 102 valence electrons. The van der Waals surface area contributed by atoms with Gasteiger partial charge >= 0.3 is 0 Å². The van der Waals surface area contributed by atoms with Crippen LogP contribution >= 0.6 is 11.6 Å². The van der Waals surface area contributed by atoms with Gasteiger partial charge in [-0.05, 0) is 41.3 Å². The molecule has 0 fully saturated rings. The first-order valence-electron chi connectivity index (χ1n) is 6.97. The van der Waals surface area contributed by atoms with E-state index in [0.29, 0.717) is 5.92 Å². The van der Waals surface area contributed by atoms with Crippen LogP contribution in [0.25, 0.3) is 10.9 Å². The van der Waals surface area contributed by atoms with E-state index in [-0.39, 0.29) is 0 Å². The number of rotatable bonds is 3. The summed E-state index contributed by atoms with van der Waals surface area (Å²) in [7, 11) is 0. The largest absolute Gasteiger partial charge is 0.343 e. The molecule has 1 heterocycles. The van der Waals surface area contributed by atoms with E-state index in [1.165, 1.54) is 22.0 Å². The molecule has 1 nitrogen and oxygen atoms in total. The smallest absolute Gasteiger partial charge is 0.0484 e. The molecule has 0 N–H and O–H groups in total. The number of hydrogen-bond acceptors (Lipinski definition) is 0. The maximum absolute atomic E-state index is 6.03. The number of nitrogens with zero attached hydrogens (tertiary/aromatic N) is 1. The maximum atomic E-state index is 6.03. The monoisotopic (exact) mass is 283 g/mol. The lowest BCUT2D eigenvalue weighted by Gasteiger charge is -2.09. The Morgan fingerprint density at radius 1 is 1.00 bits per heavy atom. The third-order valence-electron chi connectivity index (χ3n) is 3.73. The van der Waals surface area contributed by atoms with Crippen molar-refractivity contribution in [3.05, 3.63) is 70.9 Å². The molecule has 2 heteroatoms. The third-order valence-corrected chi connectivity index (χ3v) is 3.97. The summed E-state index contributed by atoms with van der Waals surface area (Å²) in [6.07, 6.45) is 2.12. The third kappa shape index (κ3) is 2.59. The van der Waals surface area contributed by atoms with Crippen LogP contribution in [0, 0.1) is 0 Å². The minimum atomic E-state index is 0.582. The summed E-state index contributed by atoms with van der Waals surface area (Å²) in [5.74, 6) is 0.582. The zero-order valence-electron chi connectivity index (χ0n) is 11.8. The molecule has 3 aromatic rings. The average molecular weight is 284 g/mol. The predicted molar refractivity (Wildman–Crippen MR) is 86.6 cm³/mol. The van der Waals surface area contributed by atoms with E-state index < -0.39 is 0 Å². The molecule has 0 aliphatic heterocycles. The van der Waals surface area contributed by atoms with Crippen molar-refractivity contribution in [2.45, 2.75) is 26.3 Å². The van der Waals surface area contributed by atoms with Crippen LogP contribution in [0.1, 0.15) is 30.9 Å². The van der Waals surface area contributed by atoms with Crippen molar-refractivity contribution in [1.82, 2.24) is 4.57 Å². The molecule has 0 saturated carbocycles. The minimum Gasteiger partial charge on any atom is -0.343 e. The van der Waals surface area contributed by atoms with Crippen LogP contribution < -0.4 is 0 Å². The van der Waals surface area contributed by atoms with Gasteiger partial charge in [0.1, 0.15) is 0 Å². The van der Waals surface area contributed by atoms with E-state index in [9.17, 15) is 0 Å². The molecule has 20 heavy (non-hydrogen) atoms. The molecule has 0 aliphatic rings. The van der Waals surface area contributed by atoms with Crippen molar-refractivity contribution in [3.63, 3.8) is 0 Å². The summed E-state index contributed by atoms with van der Waals surface area (Å²) < 4.78 is 2.26. The van der Waals surface area contributed by atoms with Crippen LogP contribution in [0.3, 0.4) is 0 Å². The number of fused-ring (bicyclic) bond motifs is 1. The number of benzene rings is 2. The van der Waals surface area contributed by atoms with Crippen LogP contribution in [0.4, 0.5) is 0 Å². The SMILES string of the molecule is CC(C)c1ccc(Cn2ccc3cc(Cl)ccc32)cc1. The normalized spacial score (nSPS) is 11.4. The van der Waals surface area contributed by atoms with E-state index in [1.807, 2.05) is 12.1 Å². The summed E-state index contributed by atoms with van der Waals surface area (Å²) >= 11 is 6.03. The van der Waals surface area contributed by atoms with E-state index >= 15 is 0 Å². The van der Waals surface area contributed by atoms with Crippen molar-refractivity contribution in [3.8, 4) is 0 Å². The van der Waals surface area contributed by atoms with Gasteiger partial charge < -0.3 is 4.57 Å². The predicted octanol–water partition coefficient (Wildman–Crippen LogP) is 5.47. The van der Waals surface area contributed by atoms with Gasteiger partial charge in [0, 0.05) is 28.7 Å². The van der Waals surface area contributed by atoms with Gasteiger partial charge in [0.2, 0.25) is 0 Å². The van der Waals surface area contributed by atoms with Crippen LogP contribution in [0.2, 0.25) is 5.02 Å². The molecule has 0 radical (unpaired) electrons. The highest BCUT2D eigenvalue weighted by Gasteiger charge is 2.03. The highest BCUT2D eigenvalue weighted by atomic mass is 35.5. The average Bonchev–Trinajstić information content (AvgIpc) is 2.81. The summed E-state index contributed by atoms with van der Waals surface area (Å²) in [5.41, 5.74) is 3.93. The molecule has 1 aromatic heterocycles. The summed E-state index contributed by atoms with van der Waals surface area (Å²) in [6.45, 7) is 5.33. The summed E-state index contributed by atoms with van der Waals surface area (Å²) in [6, 6.07) is 17.0. The Labute approximate surface area is 124 Å². The van der Waals surface area contributed by atoms with Crippen LogP contribution in [-0.4, -0.2) is 4.57 Å². The Morgan fingerprint density at radius 2 is 1.75 bits per heavy atom. The Bertz CT molecular complexity index is 723. The van der Waals surface area contributed by atoms with E-state index in [4.69, 9.17) is 11.6 Å². The van der Waals surface area contributed by atoms with Gasteiger partial charge in [0.15, 0.2) is 0 Å². The Hall–Kier alpha value is -1.73. The Kier molecular flexibility index (Phi) is 3.54. The lowest BCUT2D eigenvalue weighted by molar-refractivity contribution is 0.829. The second-order valence-electron chi connectivity index (χ2n) is 5.54. The molecule has 2 aromatic carbocycles. The first kappa shape index (κ1) is 13.3. The lowest BCUT2D eigenvalue weighted by Crippen LogP contribution is -1.98. The molecule has 0 atom stereocenters. The zero-order chi connectivity index (χ0) is 14.1. The Morgan fingerprint density at radius 3 is 2.45 bits per heavy atom. The molecule has 0 spiro atoms. The fourth-order valence-corrected chi connectivity index (χ4v) is 2.69. The van der Waals surface area contributed by atoms with Crippen molar-refractivity contribution in [2.24, 2.45) is 0 Å². The van der Waals surface area contributed by atoms with Crippen LogP contribution in [-0.2, 0) is 6.54 Å². The van der Waals surface area contributed by atoms with Gasteiger partial charge in [0.25, 0.3) is 0 Å². The van der Waals surface area contributed by atoms with Gasteiger partial charge in [0.05, 0.1) is 0 Å². The zero-order valence-corrected chi connectivity index (χ0v) is 12.6. The fraction of sp³-hybridized carbons (Fsp3) is 0.222. The standard InChI is InChI=1S/C18H18ClN/c1-13(2)15-5-3-14(4-6-15)12-20-10-9-16-11-17(19)7-8-18(16)20/h3-11,13H,12H2,1-2H3. The quantitative estimate of drug-likeness (QED) is 0.601. The first-order valence-corrected chi connectivity index (χ1v) is 7.34. The topological polar surface area (TPSA) is 4.93 Å². The van der Waals surface area contributed by atoms with Gasteiger partial charge in [-0.25, -0.2) is 0 Å². The second-order valence-corrected chi connectivity index (χ2v) is 5.98. The second kappa shape index (κ2) is 5.34. The van der Waals surface area contributed by atoms with Crippen LogP contribution in [0.5, 0.6) is 0 Å². The molecular weight excluding hydrogens is 266 g/mol. The highest BCUT2D eigenvalue weighted by molar-refractivity contribution is 6.31. The first-order chi connectivity index (χ1) is 9.63. The lowest BCUT2D eigenvalue weighted by atomic mass is 10.0. The fourth-order valence-electron chi connectivity index (χ4n) is 2.51. The highest BCUT2D eigenvalue weighted by Crippen LogP contribution is 2.22. The van der Waals surface area contributed by atoms with E-state index in [0.717, 1.165) is 11.6 Å². The van der Waals surface area contributed by atoms with Gasteiger partial charge in [-0.1, -0.05) is 49.7 Å². The maximum Gasteiger partial charge on any atom is 0.0484 e. The van der Waals surface area contributed by atoms with Gasteiger partial charge in [-0.15, -0.1) is 0 Å². The number of halogens is 1. The summed E-state index contributed by atoms with van der Waals surface area (Å²) in [4.78, 5) is 0. The van der Waals surface area contributed by atoms with Crippen molar-refractivity contribution in [1.29, 1.82) is 0 Å². The minimum absolute atomic E-state index is 0.582. The van der Waals surface area contributed by atoms with E-state index in [2.05, 4.69) is 61.0 Å². The van der Waals surface area contributed by atoms with Crippen molar-refractivity contribution >= 4 is 22.5 Å². The Balaban J connectivity index is 1.89. The molecule has 0 unspecified atom stereocenters. The number of hydrogen-bond donors (Lipinski definition) is 0. The van der Waals surface area contributed by atoms with Crippen molar-refractivity contribution in [2.75, 3.05) is 0 Å². The van der Waals surface area contributed by atoms with E-state index in [1.54, 1.807) is 0 Å². The molecule has 0 bridgehead atoms. The van der Waals surface area contributed by atoms with Crippen LogP contribution in [0.15, 0.2) is 54.7 Å². The molecule has 0 aliphatic carbocycles. The van der Waals surface area contributed by atoms with Gasteiger partial charge in [-0.3, -0.25) is 0 Å².